The number of pyridine rings is 1. The van der Waals surface area contributed by atoms with E-state index >= 15 is 0 Å². The van der Waals surface area contributed by atoms with Crippen molar-refractivity contribution in [1.82, 2.24) is 30.5 Å². The first-order valence-electron chi connectivity index (χ1n) is 18.8. The van der Waals surface area contributed by atoms with E-state index in [4.69, 9.17) is 10.1 Å². The Labute approximate surface area is 327 Å². The van der Waals surface area contributed by atoms with E-state index in [-0.39, 0.29) is 18.2 Å². The van der Waals surface area contributed by atoms with Crippen LogP contribution >= 0.6 is 0 Å². The van der Waals surface area contributed by atoms with E-state index < -0.39 is 11.4 Å². The number of piperidine rings is 1. The van der Waals surface area contributed by atoms with Gasteiger partial charge in [0.2, 0.25) is 0 Å². The monoisotopic (exact) mass is 754 g/mol. The molecule has 1 fully saturated rings. The van der Waals surface area contributed by atoms with Crippen molar-refractivity contribution in [3.05, 3.63) is 120 Å². The van der Waals surface area contributed by atoms with Crippen molar-refractivity contribution in [2.24, 2.45) is 11.3 Å². The van der Waals surface area contributed by atoms with Crippen molar-refractivity contribution in [1.29, 1.82) is 5.41 Å². The largest absolute Gasteiger partial charge is 0.488 e. The second-order valence-corrected chi connectivity index (χ2v) is 15.2. The summed E-state index contributed by atoms with van der Waals surface area (Å²) >= 11 is 0. The van der Waals surface area contributed by atoms with Crippen molar-refractivity contribution >= 4 is 51.4 Å². The van der Waals surface area contributed by atoms with Crippen LogP contribution in [-0.2, 0) is 6.61 Å². The van der Waals surface area contributed by atoms with Crippen LogP contribution in [0.15, 0.2) is 103 Å². The van der Waals surface area contributed by atoms with Crippen molar-refractivity contribution in [2.45, 2.75) is 47.1 Å². The average Bonchev–Trinajstić information content (AvgIpc) is 3.18. The molecule has 2 aromatic heterocycles. The summed E-state index contributed by atoms with van der Waals surface area (Å²) in [6.45, 7) is 10.9. The molecule has 0 atom stereocenters. The molecule has 5 aromatic rings. The summed E-state index contributed by atoms with van der Waals surface area (Å²) in [5, 5.41) is 25.5. The summed E-state index contributed by atoms with van der Waals surface area (Å²) in [6.07, 6.45) is 8.44. The second kappa shape index (κ2) is 17.9. The van der Waals surface area contributed by atoms with E-state index in [9.17, 15) is 9.59 Å². The number of fused-ring (bicyclic) bond motifs is 1. The molecule has 0 unspecified atom stereocenters. The second-order valence-electron chi connectivity index (χ2n) is 15.2. The fourth-order valence-corrected chi connectivity index (χ4v) is 6.07. The maximum Gasteiger partial charge on any atom is 0.324 e. The Morgan fingerprint density at radius 3 is 2.38 bits per heavy atom. The number of likely N-dealkylation sites (tertiary alicyclic amines) is 1. The molecule has 6 N–H and O–H groups in total. The number of ether oxygens (including phenoxy) is 1. The number of benzene rings is 3. The van der Waals surface area contributed by atoms with Gasteiger partial charge in [-0.1, -0.05) is 62.7 Å². The molecule has 13 nitrogen and oxygen atoms in total. The molecule has 1 aliphatic heterocycles. The Balaban J connectivity index is 1.07. The average molecular weight is 755 g/mol. The van der Waals surface area contributed by atoms with Gasteiger partial charge in [-0.15, -0.1) is 0 Å². The molecular weight excluding hydrogens is 705 g/mol. The van der Waals surface area contributed by atoms with Crippen LogP contribution < -0.4 is 31.3 Å². The van der Waals surface area contributed by atoms with Gasteiger partial charge in [0, 0.05) is 46.4 Å². The highest BCUT2D eigenvalue weighted by atomic mass is 16.5. The smallest absolute Gasteiger partial charge is 0.324 e. The fraction of sp³-hybridized carbons (Fsp3) is 0.302. The molecule has 0 bridgehead atoms. The number of urea groups is 1. The third-order valence-corrected chi connectivity index (χ3v) is 9.56. The van der Waals surface area contributed by atoms with Crippen LogP contribution in [0.25, 0.3) is 10.8 Å². The van der Waals surface area contributed by atoms with Gasteiger partial charge in [0.05, 0.1) is 18.1 Å². The quantitative estimate of drug-likeness (QED) is 0.0655. The van der Waals surface area contributed by atoms with Crippen LogP contribution in [0.5, 0.6) is 5.75 Å². The van der Waals surface area contributed by atoms with E-state index in [0.29, 0.717) is 47.1 Å². The van der Waals surface area contributed by atoms with Gasteiger partial charge in [-0.3, -0.25) is 10.1 Å². The maximum atomic E-state index is 13.4. The third kappa shape index (κ3) is 10.9. The standard InChI is InChI=1S/C43H50N10O3/c1-28-10-12-31(13-11-28)49-39(23-37(44)43(2,3)4)52-42(55)50-34-14-15-36(33-9-7-6-8-32(33)34)56-27-30-16-19-45-38(22-30)51-40-26-46-35(25-47-40)41(54)48-24-29-17-20-53(5)21-18-29/h6-16,19,22-23,25-26,29,44,49H,17-18,20-21,24,27H2,1-5H3,(H,48,54)(H,45,47,51)(H2,50,52,55)/b39-23+,44-37?. The van der Waals surface area contributed by atoms with E-state index in [1.165, 1.54) is 12.4 Å². The predicted molar refractivity (Wildman–Crippen MR) is 223 cm³/mol. The van der Waals surface area contributed by atoms with Crippen LogP contribution in [0, 0.1) is 23.7 Å². The topological polar surface area (TPSA) is 169 Å². The summed E-state index contributed by atoms with van der Waals surface area (Å²) in [5.41, 5.74) is 3.59. The van der Waals surface area contributed by atoms with Gasteiger partial charge in [0.15, 0.2) is 0 Å². The number of aryl methyl sites for hydroxylation is 1. The number of hydrogen-bond acceptors (Lipinski definition) is 10. The minimum atomic E-state index is -0.459. The van der Waals surface area contributed by atoms with Crippen molar-refractivity contribution in [3.8, 4) is 5.75 Å². The van der Waals surface area contributed by atoms with E-state index in [2.05, 4.69) is 53.5 Å². The summed E-state index contributed by atoms with van der Waals surface area (Å²) in [5.74, 6) is 2.29. The van der Waals surface area contributed by atoms with Gasteiger partial charge in [0.25, 0.3) is 5.91 Å². The Bertz CT molecular complexity index is 2190. The first-order chi connectivity index (χ1) is 26.9. The lowest BCUT2D eigenvalue weighted by Gasteiger charge is -2.28. The van der Waals surface area contributed by atoms with Crippen molar-refractivity contribution in [2.75, 3.05) is 42.6 Å². The lowest BCUT2D eigenvalue weighted by atomic mass is 9.90. The van der Waals surface area contributed by atoms with E-state index in [0.717, 1.165) is 53.5 Å². The van der Waals surface area contributed by atoms with Crippen LogP contribution in [0.3, 0.4) is 0 Å². The summed E-state index contributed by atoms with van der Waals surface area (Å²) < 4.78 is 6.30. The Hall–Kier alpha value is -6.34. The van der Waals surface area contributed by atoms with Crippen LogP contribution in [0.2, 0.25) is 0 Å². The molecule has 6 rings (SSSR count). The van der Waals surface area contributed by atoms with Crippen LogP contribution in [-0.4, -0.2) is 64.2 Å². The maximum absolute atomic E-state index is 13.4. The molecule has 0 radical (unpaired) electrons. The number of carbonyl (C=O) groups is 2. The number of nitrogens with one attached hydrogen (secondary N) is 6. The molecule has 0 aliphatic carbocycles. The zero-order valence-corrected chi connectivity index (χ0v) is 32.6. The number of allylic oxidation sites excluding steroid dienone is 1. The van der Waals surface area contributed by atoms with Gasteiger partial charge < -0.3 is 36.3 Å². The number of aromatic nitrogens is 3. The number of nitrogens with zero attached hydrogens (tertiary/aromatic N) is 4. The lowest BCUT2D eigenvalue weighted by Crippen LogP contribution is -2.37. The molecule has 0 saturated carbocycles. The molecule has 0 spiro atoms. The molecule has 1 saturated heterocycles. The molecule has 1 aliphatic rings. The van der Waals surface area contributed by atoms with Crippen molar-refractivity contribution < 1.29 is 14.3 Å². The van der Waals surface area contributed by atoms with E-state index in [1.807, 2.05) is 100 Å². The molecular formula is C43H50N10O3. The molecule has 56 heavy (non-hydrogen) atoms. The highest BCUT2D eigenvalue weighted by Gasteiger charge is 2.19. The number of rotatable bonds is 13. The van der Waals surface area contributed by atoms with Gasteiger partial charge >= 0.3 is 6.03 Å². The third-order valence-electron chi connectivity index (χ3n) is 9.56. The summed E-state index contributed by atoms with van der Waals surface area (Å²) in [4.78, 5) is 41.5. The normalized spacial score (nSPS) is 13.8. The number of carbonyl (C=O) groups excluding carboxylic acids is 2. The summed E-state index contributed by atoms with van der Waals surface area (Å²) in [6, 6.07) is 22.4. The molecule has 13 heteroatoms. The number of hydrogen-bond donors (Lipinski definition) is 6. The van der Waals surface area contributed by atoms with Gasteiger partial charge in [-0.2, -0.15) is 0 Å². The van der Waals surface area contributed by atoms with Crippen molar-refractivity contribution in [3.63, 3.8) is 0 Å². The summed E-state index contributed by atoms with van der Waals surface area (Å²) in [7, 11) is 2.12. The van der Waals surface area contributed by atoms with Gasteiger partial charge in [0.1, 0.15) is 35.5 Å². The number of amides is 3. The van der Waals surface area contributed by atoms with E-state index in [1.54, 1.807) is 12.3 Å². The number of anilines is 4. The van der Waals surface area contributed by atoms with Gasteiger partial charge in [-0.25, -0.2) is 19.7 Å². The molecule has 3 amide bonds. The highest BCUT2D eigenvalue weighted by molar-refractivity contribution is 6.05. The zero-order valence-electron chi connectivity index (χ0n) is 32.6. The fourth-order valence-electron chi connectivity index (χ4n) is 6.07. The van der Waals surface area contributed by atoms with Crippen LogP contribution in [0.1, 0.15) is 55.2 Å². The minimum absolute atomic E-state index is 0.230. The molecule has 3 aromatic carbocycles. The predicted octanol–water partition coefficient (Wildman–Crippen LogP) is 7.87. The molecule has 290 valence electrons. The highest BCUT2D eigenvalue weighted by Crippen LogP contribution is 2.32. The SMILES string of the molecule is Cc1ccc(N/C(=C\C(=N)C(C)(C)C)NC(=O)Nc2ccc(OCc3ccnc(Nc4cnc(C(=O)NCC5CCN(C)CC5)cn4)c3)c3ccccc23)cc1. The van der Waals surface area contributed by atoms with Crippen LogP contribution in [0.4, 0.5) is 27.8 Å². The van der Waals surface area contributed by atoms with Gasteiger partial charge in [-0.05, 0) is 87.8 Å². The molecule has 3 heterocycles. The Morgan fingerprint density at radius 2 is 1.66 bits per heavy atom. The lowest BCUT2D eigenvalue weighted by molar-refractivity contribution is 0.0933. The Kier molecular flexibility index (Phi) is 12.6. The minimum Gasteiger partial charge on any atom is -0.488 e. The first-order valence-corrected chi connectivity index (χ1v) is 18.8. The Morgan fingerprint density at radius 1 is 0.911 bits per heavy atom. The zero-order chi connectivity index (χ0) is 39.7. The first kappa shape index (κ1) is 39.4.